The first-order chi connectivity index (χ1) is 10.6. The van der Waals surface area contributed by atoms with Crippen molar-refractivity contribution in [3.8, 4) is 11.3 Å². The Bertz CT molecular complexity index is 656. The van der Waals surface area contributed by atoms with Crippen molar-refractivity contribution in [2.75, 3.05) is 6.54 Å². The van der Waals surface area contributed by atoms with Crippen molar-refractivity contribution in [2.24, 2.45) is 0 Å². The van der Waals surface area contributed by atoms with E-state index in [9.17, 15) is 4.79 Å². The van der Waals surface area contributed by atoms with Gasteiger partial charge < -0.3 is 10.6 Å². The first kappa shape index (κ1) is 17.8. The van der Waals surface area contributed by atoms with Crippen LogP contribution in [0.2, 0.25) is 5.02 Å². The number of benzene rings is 1. The van der Waals surface area contributed by atoms with Crippen LogP contribution in [0.25, 0.3) is 11.3 Å². The molecule has 3 rings (SSSR count). The molecule has 2 heterocycles. The van der Waals surface area contributed by atoms with Crippen molar-refractivity contribution in [1.82, 2.24) is 20.8 Å². The van der Waals surface area contributed by atoms with Crippen LogP contribution in [0.4, 0.5) is 0 Å². The average Bonchev–Trinajstić information content (AvgIpc) is 2.98. The topological polar surface area (TPSA) is 69.8 Å². The Balaban J connectivity index is 0.00000192. The monoisotopic (exact) mass is 354 g/mol. The predicted octanol–water partition coefficient (Wildman–Crippen LogP) is 3.02. The van der Waals surface area contributed by atoms with Gasteiger partial charge >= 0.3 is 0 Å². The van der Waals surface area contributed by atoms with Gasteiger partial charge in [0.1, 0.15) is 5.69 Å². The number of hydrogen-bond donors (Lipinski definition) is 3. The van der Waals surface area contributed by atoms with Gasteiger partial charge in [0, 0.05) is 22.7 Å². The number of carbonyl (C=O) groups is 1. The molecular formula is C16H20Cl2N4O. The van der Waals surface area contributed by atoms with Gasteiger partial charge in [0.15, 0.2) is 0 Å². The third-order valence-corrected chi connectivity index (χ3v) is 4.17. The van der Waals surface area contributed by atoms with Gasteiger partial charge in [-0.15, -0.1) is 12.4 Å². The zero-order chi connectivity index (χ0) is 15.5. The maximum absolute atomic E-state index is 12.3. The summed E-state index contributed by atoms with van der Waals surface area (Å²) < 4.78 is 0. The highest BCUT2D eigenvalue weighted by Crippen LogP contribution is 2.20. The molecule has 23 heavy (non-hydrogen) atoms. The largest absolute Gasteiger partial charge is 0.348 e. The first-order valence-electron chi connectivity index (χ1n) is 7.47. The highest BCUT2D eigenvalue weighted by Gasteiger charge is 2.21. The lowest BCUT2D eigenvalue weighted by atomic mass is 10.0. The van der Waals surface area contributed by atoms with E-state index in [0.717, 1.165) is 30.6 Å². The van der Waals surface area contributed by atoms with Crippen LogP contribution < -0.4 is 10.6 Å². The maximum Gasteiger partial charge on any atom is 0.269 e. The summed E-state index contributed by atoms with van der Waals surface area (Å²) >= 11 is 5.88. The van der Waals surface area contributed by atoms with E-state index in [2.05, 4.69) is 27.8 Å². The smallest absolute Gasteiger partial charge is 0.269 e. The van der Waals surface area contributed by atoms with Gasteiger partial charge in [0.2, 0.25) is 0 Å². The van der Waals surface area contributed by atoms with Crippen molar-refractivity contribution < 1.29 is 4.79 Å². The van der Waals surface area contributed by atoms with E-state index in [0.29, 0.717) is 16.8 Å². The van der Waals surface area contributed by atoms with E-state index in [4.69, 9.17) is 11.6 Å². The van der Waals surface area contributed by atoms with Gasteiger partial charge in [0.05, 0.1) is 5.69 Å². The molecule has 1 aromatic heterocycles. The standard InChI is InChI=1S/C16H19ClN4O.ClH/c1-10-8-13(6-7-18-10)19-16(22)15-9-14(20-21-15)11-2-4-12(17)5-3-11;/h2-5,9-10,13,18H,6-8H2,1H3,(H,19,22)(H,20,21);1H. The Labute approximate surface area is 146 Å². The Hall–Kier alpha value is -1.56. The Morgan fingerprint density at radius 1 is 1.35 bits per heavy atom. The molecule has 7 heteroatoms. The number of aromatic amines is 1. The van der Waals surface area contributed by atoms with Crippen LogP contribution in [-0.4, -0.2) is 34.7 Å². The summed E-state index contributed by atoms with van der Waals surface area (Å²) in [6, 6.07) is 9.80. The second kappa shape index (κ2) is 7.81. The van der Waals surface area contributed by atoms with Crippen molar-refractivity contribution in [1.29, 1.82) is 0 Å². The molecule has 0 bridgehead atoms. The molecule has 0 spiro atoms. The molecule has 1 aliphatic rings. The second-order valence-corrected chi connectivity index (χ2v) is 6.16. The number of nitrogens with zero attached hydrogens (tertiary/aromatic N) is 1. The molecule has 1 amide bonds. The molecule has 2 aromatic rings. The molecule has 3 N–H and O–H groups in total. The molecule has 1 aliphatic heterocycles. The highest BCUT2D eigenvalue weighted by molar-refractivity contribution is 6.30. The van der Waals surface area contributed by atoms with Gasteiger partial charge in [-0.1, -0.05) is 23.7 Å². The van der Waals surface area contributed by atoms with E-state index in [1.165, 1.54) is 0 Å². The van der Waals surface area contributed by atoms with E-state index >= 15 is 0 Å². The molecule has 124 valence electrons. The van der Waals surface area contributed by atoms with E-state index in [1.54, 1.807) is 6.07 Å². The Kier molecular flexibility index (Phi) is 6.04. The molecule has 0 aliphatic carbocycles. The summed E-state index contributed by atoms with van der Waals surface area (Å²) in [7, 11) is 0. The number of nitrogens with one attached hydrogen (secondary N) is 3. The molecular weight excluding hydrogens is 335 g/mol. The van der Waals surface area contributed by atoms with Crippen molar-refractivity contribution in [3.05, 3.63) is 41.0 Å². The van der Waals surface area contributed by atoms with E-state index in [-0.39, 0.29) is 24.4 Å². The summed E-state index contributed by atoms with van der Waals surface area (Å²) in [6.07, 6.45) is 1.90. The number of halogens is 2. The van der Waals surface area contributed by atoms with Crippen LogP contribution in [0.5, 0.6) is 0 Å². The minimum atomic E-state index is -0.105. The number of piperidine rings is 1. The summed E-state index contributed by atoms with van der Waals surface area (Å²) in [5, 5.41) is 14.1. The summed E-state index contributed by atoms with van der Waals surface area (Å²) in [5.74, 6) is -0.105. The molecule has 2 unspecified atom stereocenters. The van der Waals surface area contributed by atoms with Gasteiger partial charge in [-0.3, -0.25) is 9.89 Å². The third kappa shape index (κ3) is 4.47. The molecule has 2 atom stereocenters. The lowest BCUT2D eigenvalue weighted by Crippen LogP contribution is -2.46. The maximum atomic E-state index is 12.3. The average molecular weight is 355 g/mol. The molecule has 0 radical (unpaired) electrons. The van der Waals surface area contributed by atoms with Crippen LogP contribution in [0.1, 0.15) is 30.3 Å². The zero-order valence-electron chi connectivity index (χ0n) is 12.8. The van der Waals surface area contributed by atoms with E-state index in [1.807, 2.05) is 24.3 Å². The summed E-state index contributed by atoms with van der Waals surface area (Å²) in [4.78, 5) is 12.3. The number of rotatable bonds is 3. The summed E-state index contributed by atoms with van der Waals surface area (Å²) in [6.45, 7) is 3.07. The van der Waals surface area contributed by atoms with Crippen LogP contribution in [0, 0.1) is 0 Å². The number of aromatic nitrogens is 2. The van der Waals surface area contributed by atoms with Crippen LogP contribution >= 0.6 is 24.0 Å². The number of H-pyrrole nitrogens is 1. The molecule has 1 fully saturated rings. The number of amides is 1. The normalized spacial score (nSPS) is 20.6. The lowest BCUT2D eigenvalue weighted by Gasteiger charge is -2.28. The van der Waals surface area contributed by atoms with Gasteiger partial charge in [0.25, 0.3) is 5.91 Å². The van der Waals surface area contributed by atoms with Crippen molar-refractivity contribution in [3.63, 3.8) is 0 Å². The molecule has 1 aromatic carbocycles. The predicted molar refractivity (Wildman–Crippen MR) is 94.2 cm³/mol. The van der Waals surface area contributed by atoms with Crippen molar-refractivity contribution in [2.45, 2.75) is 31.8 Å². The number of carbonyl (C=O) groups excluding carboxylic acids is 1. The van der Waals surface area contributed by atoms with Crippen LogP contribution in [-0.2, 0) is 0 Å². The minimum absolute atomic E-state index is 0. The number of hydrogen-bond acceptors (Lipinski definition) is 3. The Morgan fingerprint density at radius 2 is 2.09 bits per heavy atom. The fraction of sp³-hybridized carbons (Fsp3) is 0.375. The van der Waals surface area contributed by atoms with Crippen molar-refractivity contribution >= 4 is 29.9 Å². The molecule has 5 nitrogen and oxygen atoms in total. The van der Waals surface area contributed by atoms with Gasteiger partial charge in [-0.25, -0.2) is 0 Å². The fourth-order valence-corrected chi connectivity index (χ4v) is 2.86. The lowest BCUT2D eigenvalue weighted by molar-refractivity contribution is 0.0920. The van der Waals surface area contributed by atoms with Crippen LogP contribution in [0.15, 0.2) is 30.3 Å². The van der Waals surface area contributed by atoms with Crippen LogP contribution in [0.3, 0.4) is 0 Å². The Morgan fingerprint density at radius 3 is 2.78 bits per heavy atom. The van der Waals surface area contributed by atoms with E-state index < -0.39 is 0 Å². The molecule has 0 saturated carbocycles. The van der Waals surface area contributed by atoms with Gasteiger partial charge in [-0.2, -0.15) is 5.10 Å². The second-order valence-electron chi connectivity index (χ2n) is 5.72. The zero-order valence-corrected chi connectivity index (χ0v) is 14.4. The third-order valence-electron chi connectivity index (χ3n) is 3.92. The SMILES string of the molecule is CC1CC(NC(=O)c2cc(-c3ccc(Cl)cc3)n[nH]2)CCN1.Cl. The quantitative estimate of drug-likeness (QED) is 0.793. The molecule has 1 saturated heterocycles. The minimum Gasteiger partial charge on any atom is -0.348 e. The van der Waals surface area contributed by atoms with Gasteiger partial charge in [-0.05, 0) is 44.5 Å². The highest BCUT2D eigenvalue weighted by atomic mass is 35.5. The first-order valence-corrected chi connectivity index (χ1v) is 7.85. The fourth-order valence-electron chi connectivity index (χ4n) is 2.73. The summed E-state index contributed by atoms with van der Waals surface area (Å²) in [5.41, 5.74) is 2.15.